The van der Waals surface area contributed by atoms with Gasteiger partial charge in [-0.2, -0.15) is 0 Å². The molecule has 104 valence electrons. The molecule has 0 saturated heterocycles. The van der Waals surface area contributed by atoms with Crippen LogP contribution >= 0.6 is 0 Å². The van der Waals surface area contributed by atoms with E-state index in [-0.39, 0.29) is 23.9 Å². The van der Waals surface area contributed by atoms with Gasteiger partial charge >= 0.3 is 0 Å². The molecule has 1 N–H and O–H groups in total. The third kappa shape index (κ3) is 3.80. The smallest absolute Gasteiger partial charge is 0.245 e. The zero-order valence-corrected chi connectivity index (χ0v) is 12.0. The molecule has 0 bridgehead atoms. The van der Waals surface area contributed by atoms with Gasteiger partial charge in [-0.1, -0.05) is 20.8 Å². The lowest BCUT2D eigenvalue weighted by Gasteiger charge is -2.34. The highest BCUT2D eigenvalue weighted by Gasteiger charge is 2.30. The van der Waals surface area contributed by atoms with Crippen molar-refractivity contribution in [1.82, 2.24) is 5.32 Å². The fourth-order valence-electron chi connectivity index (χ4n) is 2.73. The molecule has 0 aromatic heterocycles. The van der Waals surface area contributed by atoms with Crippen molar-refractivity contribution in [1.29, 1.82) is 0 Å². The number of methoxy groups -OCH3 is 1. The van der Waals surface area contributed by atoms with Gasteiger partial charge in [-0.05, 0) is 37.8 Å². The summed E-state index contributed by atoms with van der Waals surface area (Å²) in [6, 6.07) is -0.0812. The van der Waals surface area contributed by atoms with Gasteiger partial charge in [0, 0.05) is 13.2 Å². The number of carbonyl (C=O) groups is 1. The summed E-state index contributed by atoms with van der Waals surface area (Å²) in [4.78, 5) is 16.0. The van der Waals surface area contributed by atoms with Crippen LogP contribution in [0.2, 0.25) is 0 Å². The molecule has 1 saturated carbocycles. The maximum atomic E-state index is 12.1. The fraction of sp³-hybridized carbons (Fsp3) is 0.857. The molecule has 1 aliphatic rings. The summed E-state index contributed by atoms with van der Waals surface area (Å²) in [7, 11) is 1.76. The Hall–Kier alpha value is -0.900. The molecule has 1 rings (SSSR count). The molecule has 4 heteroatoms. The average Bonchev–Trinajstić information content (AvgIpc) is 2.29. The van der Waals surface area contributed by atoms with Crippen LogP contribution in [0.5, 0.6) is 0 Å². The van der Waals surface area contributed by atoms with Crippen LogP contribution in [0.4, 0.5) is 0 Å². The van der Waals surface area contributed by atoms with Crippen molar-refractivity contribution in [2.75, 3.05) is 7.11 Å². The van der Waals surface area contributed by atoms with Crippen LogP contribution < -0.4 is 5.32 Å². The van der Waals surface area contributed by atoms with Crippen LogP contribution in [0.1, 0.15) is 40.0 Å². The predicted octanol–water partition coefficient (Wildman–Crippen LogP) is 2.03. The minimum absolute atomic E-state index is 0.00747. The molecule has 0 aromatic carbocycles. The SMILES string of the molecule is C=NC(C(=O)NC1CCC(OC)C(C)C1)C(C)C. The van der Waals surface area contributed by atoms with Gasteiger partial charge in [0.25, 0.3) is 0 Å². The van der Waals surface area contributed by atoms with Gasteiger partial charge in [0.15, 0.2) is 0 Å². The second-order valence-corrected chi connectivity index (χ2v) is 5.64. The van der Waals surface area contributed by atoms with Crippen LogP contribution in [-0.2, 0) is 9.53 Å². The van der Waals surface area contributed by atoms with E-state index < -0.39 is 0 Å². The molecule has 1 amide bonds. The molecule has 1 aliphatic carbocycles. The lowest BCUT2D eigenvalue weighted by molar-refractivity contribution is -0.124. The molecule has 1 fully saturated rings. The molecule has 0 aliphatic heterocycles. The van der Waals surface area contributed by atoms with E-state index in [0.717, 1.165) is 19.3 Å². The highest BCUT2D eigenvalue weighted by molar-refractivity contribution is 5.83. The normalized spacial score (nSPS) is 29.9. The molecule has 4 unspecified atom stereocenters. The zero-order valence-electron chi connectivity index (χ0n) is 12.0. The minimum Gasteiger partial charge on any atom is -0.381 e. The number of hydrogen-bond acceptors (Lipinski definition) is 3. The first-order valence-electron chi connectivity index (χ1n) is 6.78. The number of carbonyl (C=O) groups excluding carboxylic acids is 1. The van der Waals surface area contributed by atoms with Crippen molar-refractivity contribution in [3.05, 3.63) is 0 Å². The van der Waals surface area contributed by atoms with Gasteiger partial charge in [0.1, 0.15) is 6.04 Å². The lowest BCUT2D eigenvalue weighted by atomic mass is 9.84. The molecule has 0 radical (unpaired) electrons. The first-order valence-corrected chi connectivity index (χ1v) is 6.78. The summed E-state index contributed by atoms with van der Waals surface area (Å²) < 4.78 is 5.42. The molecule has 0 spiro atoms. The van der Waals surface area contributed by atoms with E-state index in [1.807, 2.05) is 13.8 Å². The van der Waals surface area contributed by atoms with E-state index in [0.29, 0.717) is 12.0 Å². The van der Waals surface area contributed by atoms with Crippen molar-refractivity contribution in [2.24, 2.45) is 16.8 Å². The number of aliphatic imine (C=N–C) groups is 1. The molecule has 0 aromatic rings. The second kappa shape index (κ2) is 6.88. The van der Waals surface area contributed by atoms with E-state index in [4.69, 9.17) is 4.74 Å². The van der Waals surface area contributed by atoms with Crippen LogP contribution in [-0.4, -0.2) is 37.9 Å². The number of nitrogens with one attached hydrogen (secondary N) is 1. The second-order valence-electron chi connectivity index (χ2n) is 5.64. The van der Waals surface area contributed by atoms with Gasteiger partial charge in [0.05, 0.1) is 6.10 Å². The van der Waals surface area contributed by atoms with Gasteiger partial charge in [-0.3, -0.25) is 9.79 Å². The van der Waals surface area contributed by atoms with Crippen LogP contribution in [0.25, 0.3) is 0 Å². The highest BCUT2D eigenvalue weighted by Crippen LogP contribution is 2.26. The quantitative estimate of drug-likeness (QED) is 0.763. The Labute approximate surface area is 110 Å². The third-order valence-corrected chi connectivity index (χ3v) is 3.84. The van der Waals surface area contributed by atoms with E-state index in [1.54, 1.807) is 7.11 Å². The van der Waals surface area contributed by atoms with Gasteiger partial charge in [-0.15, -0.1) is 0 Å². The van der Waals surface area contributed by atoms with E-state index >= 15 is 0 Å². The Kier molecular flexibility index (Phi) is 5.79. The van der Waals surface area contributed by atoms with Crippen molar-refractivity contribution < 1.29 is 9.53 Å². The summed E-state index contributed by atoms with van der Waals surface area (Å²) in [6.45, 7) is 9.66. The van der Waals surface area contributed by atoms with E-state index in [1.165, 1.54) is 0 Å². The van der Waals surface area contributed by atoms with Crippen LogP contribution in [0.15, 0.2) is 4.99 Å². The molecule has 18 heavy (non-hydrogen) atoms. The molecular weight excluding hydrogens is 228 g/mol. The van der Waals surface area contributed by atoms with Gasteiger partial charge < -0.3 is 10.1 Å². The van der Waals surface area contributed by atoms with Crippen LogP contribution in [0.3, 0.4) is 0 Å². The Morgan fingerprint density at radius 1 is 1.44 bits per heavy atom. The fourth-order valence-corrected chi connectivity index (χ4v) is 2.73. The van der Waals surface area contributed by atoms with Gasteiger partial charge in [0.2, 0.25) is 5.91 Å². The molecular formula is C14H26N2O2. The average molecular weight is 254 g/mol. The standard InChI is InChI=1S/C14H26N2O2/c1-9(2)13(15-4)14(17)16-11-6-7-12(18-5)10(3)8-11/h9-13H,4,6-8H2,1-3,5H3,(H,16,17). The first kappa shape index (κ1) is 15.2. The first-order chi connectivity index (χ1) is 8.49. The Balaban J connectivity index is 2.49. The summed E-state index contributed by atoms with van der Waals surface area (Å²) in [5, 5.41) is 3.10. The third-order valence-electron chi connectivity index (χ3n) is 3.84. The number of nitrogens with zero attached hydrogens (tertiary/aromatic N) is 1. The Bertz CT molecular complexity index is 292. The lowest BCUT2D eigenvalue weighted by Crippen LogP contribution is -2.46. The van der Waals surface area contributed by atoms with E-state index in [2.05, 4.69) is 24.0 Å². The summed E-state index contributed by atoms with van der Waals surface area (Å²) in [5.41, 5.74) is 0. The van der Waals surface area contributed by atoms with Crippen molar-refractivity contribution >= 4 is 12.6 Å². The molecule has 4 nitrogen and oxygen atoms in total. The highest BCUT2D eigenvalue weighted by atomic mass is 16.5. The van der Waals surface area contributed by atoms with Crippen molar-refractivity contribution in [2.45, 2.75) is 58.2 Å². The monoisotopic (exact) mass is 254 g/mol. The molecule has 0 heterocycles. The number of hydrogen-bond donors (Lipinski definition) is 1. The Morgan fingerprint density at radius 3 is 2.56 bits per heavy atom. The van der Waals surface area contributed by atoms with E-state index in [9.17, 15) is 4.79 Å². The summed E-state index contributed by atoms with van der Waals surface area (Å²) >= 11 is 0. The summed E-state index contributed by atoms with van der Waals surface area (Å²) in [5.74, 6) is 0.687. The maximum Gasteiger partial charge on any atom is 0.245 e. The zero-order chi connectivity index (χ0) is 13.7. The topological polar surface area (TPSA) is 50.7 Å². The van der Waals surface area contributed by atoms with Gasteiger partial charge in [-0.25, -0.2) is 0 Å². The largest absolute Gasteiger partial charge is 0.381 e. The van der Waals surface area contributed by atoms with Crippen molar-refractivity contribution in [3.63, 3.8) is 0 Å². The minimum atomic E-state index is -0.333. The molecule has 4 atom stereocenters. The Morgan fingerprint density at radius 2 is 2.11 bits per heavy atom. The van der Waals surface area contributed by atoms with Crippen LogP contribution in [0, 0.1) is 11.8 Å². The maximum absolute atomic E-state index is 12.1. The number of ether oxygens (including phenoxy) is 1. The summed E-state index contributed by atoms with van der Waals surface area (Å²) in [6.07, 6.45) is 3.30. The predicted molar refractivity (Wildman–Crippen MR) is 73.9 cm³/mol. The number of rotatable bonds is 5. The van der Waals surface area contributed by atoms with Crippen molar-refractivity contribution in [3.8, 4) is 0 Å². The number of amides is 1.